The molecule has 1 aromatic rings. The molecule has 0 aromatic heterocycles. The highest BCUT2D eigenvalue weighted by molar-refractivity contribution is 5.89. The summed E-state index contributed by atoms with van der Waals surface area (Å²) < 4.78 is 5.50. The maximum Gasteiger partial charge on any atom is 0.338 e. The van der Waals surface area contributed by atoms with E-state index in [0.29, 0.717) is 11.6 Å². The molecule has 4 nitrogen and oxygen atoms in total. The second-order valence-corrected chi connectivity index (χ2v) is 5.50. The minimum absolute atomic E-state index is 0.132. The third-order valence-corrected chi connectivity index (χ3v) is 4.44. The number of benzene rings is 1. The van der Waals surface area contributed by atoms with Crippen molar-refractivity contribution in [1.29, 1.82) is 0 Å². The number of fused-ring (bicyclic) bond motifs is 2. The average molecular weight is 261 g/mol. The Morgan fingerprint density at radius 1 is 1.32 bits per heavy atom. The van der Waals surface area contributed by atoms with Crippen molar-refractivity contribution in [3.05, 3.63) is 35.9 Å². The van der Waals surface area contributed by atoms with Crippen LogP contribution in [-0.2, 0) is 4.74 Å². The van der Waals surface area contributed by atoms with E-state index in [4.69, 9.17) is 4.74 Å². The molecule has 0 aliphatic carbocycles. The van der Waals surface area contributed by atoms with E-state index in [9.17, 15) is 9.90 Å². The molecule has 4 heteroatoms. The molecule has 0 saturated carbocycles. The Hall–Kier alpha value is -1.39. The molecule has 2 aliphatic heterocycles. The summed E-state index contributed by atoms with van der Waals surface area (Å²) in [5.74, 6) is -0.339. The first kappa shape index (κ1) is 12.6. The van der Waals surface area contributed by atoms with Crippen molar-refractivity contribution >= 4 is 5.97 Å². The molecule has 0 amide bonds. The van der Waals surface area contributed by atoms with Gasteiger partial charge in [-0.1, -0.05) is 18.2 Å². The fourth-order valence-electron chi connectivity index (χ4n) is 3.29. The minimum atomic E-state index is -0.573. The van der Waals surface area contributed by atoms with Crippen LogP contribution >= 0.6 is 0 Å². The molecule has 2 saturated heterocycles. The number of esters is 1. The Bertz CT molecular complexity index is 462. The van der Waals surface area contributed by atoms with Gasteiger partial charge in [-0.2, -0.15) is 0 Å². The van der Waals surface area contributed by atoms with Gasteiger partial charge >= 0.3 is 5.97 Å². The summed E-state index contributed by atoms with van der Waals surface area (Å²) >= 11 is 0. The van der Waals surface area contributed by atoms with Gasteiger partial charge < -0.3 is 9.84 Å². The lowest BCUT2D eigenvalue weighted by molar-refractivity contribution is -0.0786. The van der Waals surface area contributed by atoms with Gasteiger partial charge in [0.2, 0.25) is 0 Å². The van der Waals surface area contributed by atoms with Gasteiger partial charge in [0.25, 0.3) is 0 Å². The van der Waals surface area contributed by atoms with E-state index in [2.05, 4.69) is 4.90 Å². The molecule has 0 radical (unpaired) electrons. The molecule has 3 rings (SSSR count). The van der Waals surface area contributed by atoms with Crippen molar-refractivity contribution in [3.63, 3.8) is 0 Å². The quantitative estimate of drug-likeness (QED) is 0.818. The fraction of sp³-hybridized carbons (Fsp3) is 0.533. The number of piperidine rings is 1. The van der Waals surface area contributed by atoms with E-state index < -0.39 is 6.10 Å². The van der Waals surface area contributed by atoms with Gasteiger partial charge in [0.05, 0.1) is 5.56 Å². The van der Waals surface area contributed by atoms with E-state index in [1.807, 2.05) is 25.2 Å². The maximum atomic E-state index is 12.0. The van der Waals surface area contributed by atoms with Crippen molar-refractivity contribution in [1.82, 2.24) is 4.90 Å². The Kier molecular flexibility index (Phi) is 3.29. The highest BCUT2D eigenvalue weighted by Crippen LogP contribution is 2.36. The highest BCUT2D eigenvalue weighted by atomic mass is 16.6. The lowest BCUT2D eigenvalue weighted by atomic mass is 9.97. The second-order valence-electron chi connectivity index (χ2n) is 5.50. The van der Waals surface area contributed by atoms with Crippen LogP contribution in [0.15, 0.2) is 30.3 Å². The van der Waals surface area contributed by atoms with Crippen LogP contribution in [0.5, 0.6) is 0 Å². The zero-order chi connectivity index (χ0) is 13.4. The second kappa shape index (κ2) is 4.94. The first-order chi connectivity index (χ1) is 9.16. The molecular formula is C15H19NO3. The van der Waals surface area contributed by atoms with Gasteiger partial charge in [-0.25, -0.2) is 4.79 Å². The van der Waals surface area contributed by atoms with Crippen LogP contribution in [0.3, 0.4) is 0 Å². The normalized spacial score (nSPS) is 34.2. The first-order valence-corrected chi connectivity index (χ1v) is 6.83. The molecule has 1 aromatic carbocycles. The van der Waals surface area contributed by atoms with Crippen LogP contribution in [0.2, 0.25) is 0 Å². The van der Waals surface area contributed by atoms with E-state index in [0.717, 1.165) is 19.3 Å². The van der Waals surface area contributed by atoms with Crippen LogP contribution < -0.4 is 0 Å². The number of carbonyl (C=O) groups is 1. The van der Waals surface area contributed by atoms with E-state index in [1.54, 1.807) is 12.1 Å². The highest BCUT2D eigenvalue weighted by Gasteiger charge is 2.46. The molecule has 4 atom stereocenters. The predicted molar refractivity (Wildman–Crippen MR) is 70.8 cm³/mol. The number of hydrogen-bond acceptors (Lipinski definition) is 4. The van der Waals surface area contributed by atoms with Crippen LogP contribution in [0.4, 0.5) is 0 Å². The van der Waals surface area contributed by atoms with Crippen LogP contribution in [0.25, 0.3) is 0 Å². The van der Waals surface area contributed by atoms with Crippen molar-refractivity contribution in [2.75, 3.05) is 7.05 Å². The Morgan fingerprint density at radius 2 is 2.05 bits per heavy atom. The lowest BCUT2D eigenvalue weighted by Gasteiger charge is -2.39. The Morgan fingerprint density at radius 3 is 2.79 bits per heavy atom. The number of rotatable bonds is 2. The predicted octanol–water partition coefficient (Wildman–Crippen LogP) is 1.44. The average Bonchev–Trinajstić information content (AvgIpc) is 2.70. The van der Waals surface area contributed by atoms with E-state index in [1.165, 1.54) is 0 Å². The summed E-state index contributed by atoms with van der Waals surface area (Å²) in [4.78, 5) is 14.2. The first-order valence-electron chi connectivity index (χ1n) is 6.83. The summed E-state index contributed by atoms with van der Waals surface area (Å²) in [6, 6.07) is 9.52. The monoisotopic (exact) mass is 261 g/mol. The maximum absolute atomic E-state index is 12.0. The van der Waals surface area contributed by atoms with Crippen molar-refractivity contribution in [2.24, 2.45) is 0 Å². The molecule has 2 heterocycles. The molecule has 2 bridgehead atoms. The summed E-state index contributed by atoms with van der Waals surface area (Å²) in [5, 5.41) is 10.3. The van der Waals surface area contributed by atoms with Crippen molar-refractivity contribution in [2.45, 2.75) is 43.6 Å². The number of carbonyl (C=O) groups excluding carboxylic acids is 1. The number of likely N-dealkylation sites (N-methyl/N-ethyl adjacent to an activating group) is 1. The molecule has 2 aliphatic rings. The molecule has 19 heavy (non-hydrogen) atoms. The Balaban J connectivity index is 1.69. The SMILES string of the molecule is CN1C2CCC1[C@@H](O)[C@@H](OC(=O)c1ccccc1)C2. The van der Waals surface area contributed by atoms with Gasteiger partial charge in [0, 0.05) is 18.5 Å². The van der Waals surface area contributed by atoms with Gasteiger partial charge in [-0.15, -0.1) is 0 Å². The van der Waals surface area contributed by atoms with Gasteiger partial charge in [0.1, 0.15) is 12.2 Å². The van der Waals surface area contributed by atoms with Crippen LogP contribution in [-0.4, -0.2) is 47.3 Å². The van der Waals surface area contributed by atoms with Crippen molar-refractivity contribution < 1.29 is 14.6 Å². The minimum Gasteiger partial charge on any atom is -0.456 e. The van der Waals surface area contributed by atoms with Gasteiger partial charge in [0.15, 0.2) is 0 Å². The number of nitrogens with zero attached hydrogens (tertiary/aromatic N) is 1. The van der Waals surface area contributed by atoms with E-state index >= 15 is 0 Å². The zero-order valence-electron chi connectivity index (χ0n) is 11.0. The smallest absolute Gasteiger partial charge is 0.338 e. The van der Waals surface area contributed by atoms with Gasteiger partial charge in [-0.05, 0) is 32.0 Å². The number of hydrogen-bond donors (Lipinski definition) is 1. The Labute approximate surface area is 113 Å². The number of ether oxygens (including phenoxy) is 1. The van der Waals surface area contributed by atoms with E-state index in [-0.39, 0.29) is 18.1 Å². The molecule has 0 spiro atoms. The van der Waals surface area contributed by atoms with Crippen molar-refractivity contribution in [3.8, 4) is 0 Å². The molecule has 1 N–H and O–H groups in total. The fourth-order valence-corrected chi connectivity index (χ4v) is 3.29. The molecule has 102 valence electrons. The standard InChI is InChI=1S/C15H19NO3/c1-16-11-7-8-12(16)14(17)13(9-11)19-15(18)10-5-3-2-4-6-10/h2-6,11-14,17H,7-9H2,1H3/t11?,12?,13-,14+/m0/s1. The summed E-state index contributed by atoms with van der Waals surface area (Å²) in [5.41, 5.74) is 0.543. The molecular weight excluding hydrogens is 242 g/mol. The zero-order valence-corrected chi connectivity index (χ0v) is 11.0. The van der Waals surface area contributed by atoms with Gasteiger partial charge in [-0.3, -0.25) is 4.90 Å². The summed E-state index contributed by atoms with van der Waals surface area (Å²) in [6.07, 6.45) is 1.85. The van der Waals surface area contributed by atoms with Crippen LogP contribution in [0.1, 0.15) is 29.6 Å². The third-order valence-electron chi connectivity index (χ3n) is 4.44. The summed E-state index contributed by atoms with van der Waals surface area (Å²) in [6.45, 7) is 0. The molecule has 2 unspecified atom stereocenters. The molecule has 2 fully saturated rings. The van der Waals surface area contributed by atoms with Crippen LogP contribution in [0, 0.1) is 0 Å². The lowest BCUT2D eigenvalue weighted by Crippen LogP contribution is -2.53. The number of aliphatic hydroxyl groups excluding tert-OH is 1. The topological polar surface area (TPSA) is 49.8 Å². The number of aliphatic hydroxyl groups is 1. The largest absolute Gasteiger partial charge is 0.456 e. The summed E-state index contributed by atoms with van der Waals surface area (Å²) in [7, 11) is 2.04. The third kappa shape index (κ3) is 2.26.